The summed E-state index contributed by atoms with van der Waals surface area (Å²) in [6.45, 7) is 0.440. The highest BCUT2D eigenvalue weighted by Gasteiger charge is 2.19. The van der Waals surface area contributed by atoms with Gasteiger partial charge in [-0.1, -0.05) is 18.2 Å². The number of hydrogen-bond donors (Lipinski definition) is 3. The van der Waals surface area contributed by atoms with Crippen molar-refractivity contribution in [1.82, 2.24) is 14.5 Å². The van der Waals surface area contributed by atoms with Crippen molar-refractivity contribution < 1.29 is 23.5 Å². The maximum absolute atomic E-state index is 13.0. The normalized spacial score (nSPS) is 11.6. The summed E-state index contributed by atoms with van der Waals surface area (Å²) in [5.74, 6) is -0.703. The Hall–Kier alpha value is -3.93. The summed E-state index contributed by atoms with van der Waals surface area (Å²) in [6, 6.07) is 14.8. The van der Waals surface area contributed by atoms with E-state index in [0.29, 0.717) is 45.9 Å². The Bertz CT molecular complexity index is 1460. The summed E-state index contributed by atoms with van der Waals surface area (Å²) in [4.78, 5) is 31.6. The Morgan fingerprint density at radius 1 is 1.14 bits per heavy atom. The van der Waals surface area contributed by atoms with Gasteiger partial charge in [-0.15, -0.1) is 11.3 Å². The fourth-order valence-electron chi connectivity index (χ4n) is 3.60. The first kappa shape index (κ1) is 26.1. The predicted molar refractivity (Wildman–Crippen MR) is 141 cm³/mol. The topological polar surface area (TPSA) is 99.5 Å². The van der Waals surface area contributed by atoms with Gasteiger partial charge in [-0.2, -0.15) is 0 Å². The largest absolute Gasteiger partial charge is 0.392 e. The highest BCUT2D eigenvalue weighted by Crippen LogP contribution is 2.30. The number of alkyl halides is 2. The summed E-state index contributed by atoms with van der Waals surface area (Å²) >= 11 is 0.711. The van der Waals surface area contributed by atoms with E-state index in [1.807, 2.05) is 19.0 Å². The quantitative estimate of drug-likeness (QED) is 0.272. The number of imidazole rings is 1. The van der Waals surface area contributed by atoms with Crippen molar-refractivity contribution in [3.8, 4) is 5.69 Å². The van der Waals surface area contributed by atoms with Crippen LogP contribution in [0.4, 0.5) is 20.4 Å². The van der Waals surface area contributed by atoms with Gasteiger partial charge in [0, 0.05) is 18.3 Å². The van der Waals surface area contributed by atoms with Crippen LogP contribution in [0.25, 0.3) is 16.7 Å². The first-order valence-electron chi connectivity index (χ1n) is 11.3. The van der Waals surface area contributed by atoms with Crippen LogP contribution in [0.2, 0.25) is 0 Å². The molecule has 2 amide bonds. The van der Waals surface area contributed by atoms with Crippen molar-refractivity contribution in [2.45, 2.75) is 13.0 Å². The fourth-order valence-corrected chi connectivity index (χ4v) is 4.36. The smallest absolute Gasteiger partial charge is 0.272 e. The van der Waals surface area contributed by atoms with Crippen LogP contribution >= 0.6 is 11.3 Å². The van der Waals surface area contributed by atoms with Gasteiger partial charge in [0.2, 0.25) is 11.9 Å². The summed E-state index contributed by atoms with van der Waals surface area (Å²) in [5, 5.41) is 15.1. The number of aliphatic hydroxyl groups is 1. The van der Waals surface area contributed by atoms with Crippen LogP contribution in [0, 0.1) is 0 Å². The number of nitrogens with zero attached hydrogens (tertiary/aromatic N) is 3. The highest BCUT2D eigenvalue weighted by atomic mass is 32.1. The molecule has 4 aromatic rings. The van der Waals surface area contributed by atoms with Gasteiger partial charge in [0.1, 0.15) is 0 Å². The van der Waals surface area contributed by atoms with Crippen molar-refractivity contribution in [3.05, 3.63) is 82.1 Å². The van der Waals surface area contributed by atoms with Crippen LogP contribution in [0.3, 0.4) is 0 Å². The van der Waals surface area contributed by atoms with Gasteiger partial charge < -0.3 is 15.3 Å². The highest BCUT2D eigenvalue weighted by molar-refractivity contribution is 7.14. The number of carbonyl (C=O) groups is 2. The zero-order valence-corrected chi connectivity index (χ0v) is 20.9. The number of nitrogens with one attached hydrogen (secondary N) is 2. The van der Waals surface area contributed by atoms with Crippen molar-refractivity contribution in [3.63, 3.8) is 0 Å². The number of anilines is 2. The maximum Gasteiger partial charge on any atom is 0.272 e. The van der Waals surface area contributed by atoms with Crippen LogP contribution in [-0.4, -0.2) is 52.0 Å². The Morgan fingerprint density at radius 2 is 1.95 bits per heavy atom. The number of likely N-dealkylation sites (N-methyl/N-ethyl adjacent to an activating group) is 1. The Morgan fingerprint density at radius 3 is 2.65 bits per heavy atom. The third-order valence-electron chi connectivity index (χ3n) is 5.30. The van der Waals surface area contributed by atoms with E-state index in [-0.39, 0.29) is 28.2 Å². The molecule has 0 radical (unpaired) electrons. The van der Waals surface area contributed by atoms with E-state index in [4.69, 9.17) is 0 Å². The fraction of sp³-hybridized carbons (Fsp3) is 0.192. The molecule has 0 fully saturated rings. The molecule has 0 saturated carbocycles. The van der Waals surface area contributed by atoms with Crippen LogP contribution < -0.4 is 10.6 Å². The van der Waals surface area contributed by atoms with Gasteiger partial charge in [0.25, 0.3) is 12.3 Å². The number of rotatable bonds is 9. The summed E-state index contributed by atoms with van der Waals surface area (Å²) in [7, 11) is 3.80. The zero-order valence-electron chi connectivity index (χ0n) is 20.1. The Balaban J connectivity index is 1.69. The molecule has 11 heteroatoms. The number of thiophene rings is 1. The third kappa shape index (κ3) is 6.26. The first-order chi connectivity index (χ1) is 17.7. The Kier molecular flexibility index (Phi) is 8.07. The lowest BCUT2D eigenvalue weighted by atomic mass is 10.2. The van der Waals surface area contributed by atoms with Crippen molar-refractivity contribution in [1.29, 1.82) is 0 Å². The minimum absolute atomic E-state index is 0.121. The van der Waals surface area contributed by atoms with E-state index < -0.39 is 12.3 Å². The monoisotopic (exact) mass is 525 g/mol. The van der Waals surface area contributed by atoms with Gasteiger partial charge >= 0.3 is 0 Å². The standard InChI is InChI=1S/C26H25F2N5O3S/c1-32(2)12-4-7-23(35)29-17-5-3-6-18(14-17)33-20-9-8-16(15-34)13-19(20)30-26(33)31-25(36)22-11-10-21(37-22)24(27)28/h3-11,13-14,24,34H,12,15H2,1-2H3,(H,29,35)(H,30,31,36)/b7-4+. The van der Waals surface area contributed by atoms with Crippen LogP contribution in [0.5, 0.6) is 0 Å². The molecule has 0 unspecified atom stereocenters. The molecule has 3 N–H and O–H groups in total. The van der Waals surface area contributed by atoms with E-state index in [1.54, 1.807) is 53.1 Å². The molecule has 2 heterocycles. The molecule has 0 saturated heterocycles. The number of aromatic nitrogens is 2. The number of benzene rings is 2. The second kappa shape index (κ2) is 11.4. The summed E-state index contributed by atoms with van der Waals surface area (Å²) in [6.07, 6.45) is 0.540. The van der Waals surface area contributed by atoms with Crippen molar-refractivity contribution >= 4 is 45.8 Å². The average Bonchev–Trinajstić information content (AvgIpc) is 3.48. The molecular weight excluding hydrogens is 500 g/mol. The molecule has 0 bridgehead atoms. The second-order valence-electron chi connectivity index (χ2n) is 8.41. The minimum Gasteiger partial charge on any atom is -0.392 e. The zero-order chi connectivity index (χ0) is 26.5. The van der Waals surface area contributed by atoms with Crippen LogP contribution in [0.1, 0.15) is 26.5 Å². The number of hydrogen-bond acceptors (Lipinski definition) is 6. The van der Waals surface area contributed by atoms with Gasteiger partial charge in [0.05, 0.1) is 33.1 Å². The van der Waals surface area contributed by atoms with Gasteiger partial charge in [0.15, 0.2) is 0 Å². The molecule has 0 aliphatic rings. The van der Waals surface area contributed by atoms with E-state index in [2.05, 4.69) is 15.6 Å². The molecule has 192 valence electrons. The summed E-state index contributed by atoms with van der Waals surface area (Å²) < 4.78 is 27.7. The van der Waals surface area contributed by atoms with Crippen LogP contribution in [0.15, 0.2) is 66.7 Å². The average molecular weight is 526 g/mol. The van der Waals surface area contributed by atoms with Crippen molar-refractivity contribution in [2.24, 2.45) is 0 Å². The summed E-state index contributed by atoms with van der Waals surface area (Å²) in [5.41, 5.74) is 2.93. The molecule has 0 atom stereocenters. The molecule has 4 rings (SSSR count). The lowest BCUT2D eigenvalue weighted by molar-refractivity contribution is -0.111. The lowest BCUT2D eigenvalue weighted by Crippen LogP contribution is -2.15. The Labute approximate surface area is 215 Å². The van der Waals surface area contributed by atoms with E-state index in [9.17, 15) is 23.5 Å². The van der Waals surface area contributed by atoms with Crippen LogP contribution in [-0.2, 0) is 11.4 Å². The minimum atomic E-state index is -2.66. The van der Waals surface area contributed by atoms with Gasteiger partial charge in [-0.05, 0) is 62.1 Å². The van der Waals surface area contributed by atoms with Gasteiger partial charge in [-0.3, -0.25) is 19.5 Å². The second-order valence-corrected chi connectivity index (χ2v) is 9.53. The molecular formula is C26H25F2N5O3S. The molecule has 37 heavy (non-hydrogen) atoms. The molecule has 0 aliphatic carbocycles. The van der Waals surface area contributed by atoms with Gasteiger partial charge in [-0.25, -0.2) is 13.8 Å². The molecule has 2 aromatic heterocycles. The lowest BCUT2D eigenvalue weighted by Gasteiger charge is -2.12. The number of aliphatic hydroxyl groups excluding tert-OH is 1. The maximum atomic E-state index is 13.0. The van der Waals surface area contributed by atoms with E-state index >= 15 is 0 Å². The molecule has 8 nitrogen and oxygen atoms in total. The van der Waals surface area contributed by atoms with E-state index in [1.165, 1.54) is 18.2 Å². The molecule has 2 aromatic carbocycles. The molecule has 0 spiro atoms. The predicted octanol–water partition coefficient (Wildman–Crippen LogP) is 4.83. The molecule has 0 aliphatic heterocycles. The van der Waals surface area contributed by atoms with E-state index in [0.717, 1.165) is 0 Å². The number of halogens is 2. The first-order valence-corrected chi connectivity index (χ1v) is 12.1. The van der Waals surface area contributed by atoms with Crippen molar-refractivity contribution in [2.75, 3.05) is 31.3 Å². The third-order valence-corrected chi connectivity index (χ3v) is 6.40. The number of fused-ring (bicyclic) bond motifs is 1. The number of amides is 2. The SMILES string of the molecule is CN(C)C/C=C/C(=O)Nc1cccc(-n2c(NC(=O)c3ccc(C(F)F)s3)nc3cc(CO)ccc32)c1. The number of carbonyl (C=O) groups excluding carboxylic acids is 2.